The molecule has 0 spiro atoms. The van der Waals surface area contributed by atoms with Gasteiger partial charge in [0.05, 0.1) is 0 Å². The van der Waals surface area contributed by atoms with Gasteiger partial charge in [-0.1, -0.05) is 0 Å². The van der Waals surface area contributed by atoms with Crippen molar-refractivity contribution in [3.8, 4) is 0 Å². The van der Waals surface area contributed by atoms with Gasteiger partial charge in [0.2, 0.25) is 0 Å². The Morgan fingerprint density at radius 2 is 2.00 bits per heavy atom. The van der Waals surface area contributed by atoms with Crippen LogP contribution in [0.2, 0.25) is 0 Å². The van der Waals surface area contributed by atoms with Gasteiger partial charge >= 0.3 is 5.97 Å². The summed E-state index contributed by atoms with van der Waals surface area (Å²) in [7, 11) is 0. The van der Waals surface area contributed by atoms with E-state index in [0.29, 0.717) is 6.07 Å². The molecule has 0 fully saturated rings. The summed E-state index contributed by atoms with van der Waals surface area (Å²) in [6, 6.07) is 2.29. The normalized spacial score (nSPS) is 12.5. The molecule has 1 rings (SSSR count). The van der Waals surface area contributed by atoms with Crippen molar-refractivity contribution >= 4 is 5.97 Å². The first kappa shape index (κ1) is 9.60. The molecule has 70 valence electrons. The molecule has 0 radical (unpaired) electrons. The summed E-state index contributed by atoms with van der Waals surface area (Å²) in [6.07, 6.45) is -1.96. The third kappa shape index (κ3) is 2.00. The van der Waals surface area contributed by atoms with Crippen LogP contribution in [0.5, 0.6) is 0 Å². The molecule has 0 aliphatic rings. The minimum Gasteiger partial charge on any atom is -0.479 e. The molecule has 0 heterocycles. The molecule has 3 nitrogen and oxygen atoms in total. The van der Waals surface area contributed by atoms with E-state index >= 15 is 0 Å². The fourth-order valence-corrected chi connectivity index (χ4v) is 0.856. The Balaban J connectivity index is 3.08. The fourth-order valence-electron chi connectivity index (χ4n) is 0.856. The number of aliphatic carboxylic acids is 1. The minimum atomic E-state index is -1.96. The largest absolute Gasteiger partial charge is 0.479 e. The molecule has 1 unspecified atom stereocenters. The van der Waals surface area contributed by atoms with Crippen molar-refractivity contribution < 1.29 is 23.8 Å². The van der Waals surface area contributed by atoms with Crippen LogP contribution < -0.4 is 0 Å². The number of hydrogen-bond donors (Lipinski definition) is 2. The number of carbonyl (C=O) groups is 1. The van der Waals surface area contributed by atoms with E-state index in [1.54, 1.807) is 0 Å². The third-order valence-corrected chi connectivity index (χ3v) is 1.49. The van der Waals surface area contributed by atoms with Gasteiger partial charge in [-0.05, 0) is 12.1 Å². The van der Waals surface area contributed by atoms with Crippen molar-refractivity contribution in [1.29, 1.82) is 0 Å². The smallest absolute Gasteiger partial charge is 0.337 e. The first-order chi connectivity index (χ1) is 6.02. The molecule has 2 N–H and O–H groups in total. The number of carboxylic acids is 1. The topological polar surface area (TPSA) is 57.5 Å². The van der Waals surface area contributed by atoms with Crippen LogP contribution in [0.4, 0.5) is 8.78 Å². The van der Waals surface area contributed by atoms with Crippen molar-refractivity contribution in [3.63, 3.8) is 0 Å². The number of benzene rings is 1. The second kappa shape index (κ2) is 3.49. The lowest BCUT2D eigenvalue weighted by Crippen LogP contribution is -2.12. The Hall–Kier alpha value is -1.49. The van der Waals surface area contributed by atoms with Crippen LogP contribution in [0.3, 0.4) is 0 Å². The Morgan fingerprint density at radius 1 is 1.38 bits per heavy atom. The second-order valence-electron chi connectivity index (χ2n) is 2.41. The molecular weight excluding hydrogens is 182 g/mol. The predicted octanol–water partition coefficient (Wildman–Crippen LogP) is 1.08. The van der Waals surface area contributed by atoms with Crippen LogP contribution in [0.15, 0.2) is 18.2 Å². The average Bonchev–Trinajstić information content (AvgIpc) is 2.03. The molecule has 0 aliphatic carbocycles. The lowest BCUT2D eigenvalue weighted by atomic mass is 10.1. The maximum absolute atomic E-state index is 12.8. The molecular formula is C8H6F2O3. The minimum absolute atomic E-state index is 0.450. The lowest BCUT2D eigenvalue weighted by molar-refractivity contribution is -0.147. The maximum Gasteiger partial charge on any atom is 0.337 e. The highest BCUT2D eigenvalue weighted by molar-refractivity contribution is 5.74. The van der Waals surface area contributed by atoms with Crippen molar-refractivity contribution in [2.75, 3.05) is 0 Å². The van der Waals surface area contributed by atoms with Crippen molar-refractivity contribution in [2.45, 2.75) is 6.10 Å². The number of hydrogen-bond acceptors (Lipinski definition) is 2. The highest BCUT2D eigenvalue weighted by Crippen LogP contribution is 2.17. The summed E-state index contributed by atoms with van der Waals surface area (Å²) in [5, 5.41) is 17.2. The van der Waals surface area contributed by atoms with Gasteiger partial charge in [-0.15, -0.1) is 0 Å². The van der Waals surface area contributed by atoms with E-state index < -0.39 is 29.3 Å². The molecule has 0 bridgehead atoms. The monoisotopic (exact) mass is 188 g/mol. The van der Waals surface area contributed by atoms with Crippen LogP contribution in [-0.2, 0) is 4.79 Å². The Labute approximate surface area is 72.2 Å². The van der Waals surface area contributed by atoms with E-state index in [-0.39, 0.29) is 0 Å². The van der Waals surface area contributed by atoms with Gasteiger partial charge in [0.1, 0.15) is 11.6 Å². The average molecular weight is 188 g/mol. The molecule has 1 aromatic carbocycles. The number of aliphatic hydroxyl groups excluding tert-OH is 1. The summed E-state index contributed by atoms with van der Waals surface area (Å²) < 4.78 is 25.1. The molecule has 0 aliphatic heterocycles. The van der Waals surface area contributed by atoms with Crippen LogP contribution in [-0.4, -0.2) is 16.2 Å². The SMILES string of the molecule is O=C(O)C(O)c1ccc(F)cc1F. The van der Waals surface area contributed by atoms with Crippen LogP contribution >= 0.6 is 0 Å². The Kier molecular flexibility index (Phi) is 2.57. The Bertz CT molecular complexity index is 338. The molecule has 1 atom stereocenters. The van der Waals surface area contributed by atoms with E-state index in [2.05, 4.69) is 0 Å². The van der Waals surface area contributed by atoms with Crippen LogP contribution in [0, 0.1) is 11.6 Å². The standard InChI is InChI=1S/C8H6F2O3/c9-4-1-2-5(6(10)3-4)7(11)8(12)13/h1-3,7,11H,(H,12,13). The second-order valence-corrected chi connectivity index (χ2v) is 2.41. The zero-order valence-electron chi connectivity index (χ0n) is 6.37. The van der Waals surface area contributed by atoms with Gasteiger partial charge in [-0.25, -0.2) is 13.6 Å². The summed E-state index contributed by atoms with van der Waals surface area (Å²) in [5.41, 5.74) is -0.450. The van der Waals surface area contributed by atoms with Crippen molar-refractivity contribution in [2.24, 2.45) is 0 Å². The highest BCUT2D eigenvalue weighted by Gasteiger charge is 2.19. The maximum atomic E-state index is 12.8. The van der Waals surface area contributed by atoms with Gasteiger partial charge in [0.15, 0.2) is 6.10 Å². The molecule has 0 amide bonds. The number of halogens is 2. The molecule has 13 heavy (non-hydrogen) atoms. The quantitative estimate of drug-likeness (QED) is 0.730. The van der Waals surface area contributed by atoms with Gasteiger partial charge in [-0.2, -0.15) is 0 Å². The Morgan fingerprint density at radius 3 is 2.46 bits per heavy atom. The molecule has 5 heteroatoms. The number of rotatable bonds is 2. The van der Waals surface area contributed by atoms with Crippen LogP contribution in [0.25, 0.3) is 0 Å². The van der Waals surface area contributed by atoms with E-state index in [1.165, 1.54) is 0 Å². The summed E-state index contributed by atoms with van der Waals surface area (Å²) in [4.78, 5) is 10.2. The summed E-state index contributed by atoms with van der Waals surface area (Å²) >= 11 is 0. The summed E-state index contributed by atoms with van der Waals surface area (Å²) in [5.74, 6) is -3.47. The lowest BCUT2D eigenvalue weighted by Gasteiger charge is -2.06. The molecule has 0 saturated heterocycles. The predicted molar refractivity (Wildman–Crippen MR) is 39.0 cm³/mol. The molecule has 0 aromatic heterocycles. The van der Waals surface area contributed by atoms with Gasteiger partial charge in [0, 0.05) is 11.6 Å². The van der Waals surface area contributed by atoms with Gasteiger partial charge in [0.25, 0.3) is 0 Å². The molecule has 1 aromatic rings. The first-order valence-corrected chi connectivity index (χ1v) is 3.38. The zero-order valence-corrected chi connectivity index (χ0v) is 6.37. The fraction of sp³-hybridized carbons (Fsp3) is 0.125. The van der Waals surface area contributed by atoms with Crippen molar-refractivity contribution in [1.82, 2.24) is 0 Å². The van der Waals surface area contributed by atoms with E-state index in [1.807, 2.05) is 0 Å². The number of carboxylic acid groups (broad SMARTS) is 1. The molecule has 0 saturated carbocycles. The van der Waals surface area contributed by atoms with Crippen LogP contribution in [0.1, 0.15) is 11.7 Å². The highest BCUT2D eigenvalue weighted by atomic mass is 19.1. The number of aliphatic hydroxyl groups is 1. The van der Waals surface area contributed by atoms with Gasteiger partial charge in [-0.3, -0.25) is 0 Å². The van der Waals surface area contributed by atoms with Gasteiger partial charge < -0.3 is 10.2 Å². The van der Waals surface area contributed by atoms with E-state index in [9.17, 15) is 13.6 Å². The van der Waals surface area contributed by atoms with E-state index in [4.69, 9.17) is 10.2 Å². The van der Waals surface area contributed by atoms with Crippen molar-refractivity contribution in [3.05, 3.63) is 35.4 Å². The summed E-state index contributed by atoms with van der Waals surface area (Å²) in [6.45, 7) is 0. The third-order valence-electron chi connectivity index (χ3n) is 1.49. The van der Waals surface area contributed by atoms with E-state index in [0.717, 1.165) is 12.1 Å². The zero-order chi connectivity index (χ0) is 10.0. The first-order valence-electron chi connectivity index (χ1n) is 3.38.